The molecule has 1 aromatic carbocycles. The van der Waals surface area contributed by atoms with Crippen LogP contribution in [-0.2, 0) is 20.9 Å². The first-order valence-electron chi connectivity index (χ1n) is 13.5. The van der Waals surface area contributed by atoms with Crippen LogP contribution in [0.15, 0.2) is 41.7 Å². The van der Waals surface area contributed by atoms with Crippen molar-refractivity contribution in [3.8, 4) is 5.69 Å². The van der Waals surface area contributed by atoms with Crippen molar-refractivity contribution < 1.29 is 13.3 Å². The largest absolute Gasteiger partial charge is 0.381 e. The van der Waals surface area contributed by atoms with Gasteiger partial charge < -0.3 is 14.2 Å². The van der Waals surface area contributed by atoms with Gasteiger partial charge in [-0.15, -0.1) is 0 Å². The Bertz CT molecular complexity index is 1380. The van der Waals surface area contributed by atoms with Crippen LogP contribution in [0.25, 0.3) is 16.6 Å². The first kappa shape index (κ1) is 26.3. The number of likely N-dealkylation sites (tertiary alicyclic amines) is 1. The minimum absolute atomic E-state index is 0.241. The van der Waals surface area contributed by atoms with Crippen molar-refractivity contribution in [3.63, 3.8) is 0 Å². The van der Waals surface area contributed by atoms with Crippen LogP contribution >= 0.6 is 0 Å². The normalized spacial score (nSPS) is 22.1. The maximum absolute atomic E-state index is 14.3. The van der Waals surface area contributed by atoms with E-state index in [2.05, 4.69) is 29.9 Å². The molecule has 5 rings (SSSR count). The zero-order valence-electron chi connectivity index (χ0n) is 22.4. The Hall–Kier alpha value is -2.29. The van der Waals surface area contributed by atoms with E-state index in [1.165, 1.54) is 24.1 Å². The van der Waals surface area contributed by atoms with Crippen molar-refractivity contribution in [2.24, 2.45) is 11.8 Å². The Balaban J connectivity index is 1.48. The molecule has 0 spiro atoms. The smallest absolute Gasteiger partial charge is 0.124 e. The van der Waals surface area contributed by atoms with Crippen LogP contribution in [0.4, 0.5) is 4.39 Å². The lowest BCUT2D eigenvalue weighted by Gasteiger charge is -2.34. The molecular weight excluding hydrogens is 487 g/mol. The third kappa shape index (κ3) is 5.08. The average molecular weight is 527 g/mol. The maximum Gasteiger partial charge on any atom is 0.124 e. The second-order valence-corrected chi connectivity index (χ2v) is 13.8. The number of aryl methyl sites for hydroxylation is 1. The SMILES string of the molecule is Cc1cncc2c1c(C[C@@H]1CCN([C@@H](C)C3CCOCC3)C1)cn2-c1ccc(F)cc1[S@@](=N)(=O)C(C)C. The molecule has 200 valence electrons. The maximum atomic E-state index is 14.3. The molecule has 2 aromatic heterocycles. The highest BCUT2D eigenvalue weighted by Gasteiger charge is 2.32. The van der Waals surface area contributed by atoms with Gasteiger partial charge in [0, 0.05) is 48.8 Å². The van der Waals surface area contributed by atoms with Crippen molar-refractivity contribution in [1.29, 1.82) is 4.78 Å². The summed E-state index contributed by atoms with van der Waals surface area (Å²) in [6.45, 7) is 11.9. The molecule has 2 aliphatic heterocycles. The molecule has 3 aromatic rings. The van der Waals surface area contributed by atoms with Gasteiger partial charge in [-0.3, -0.25) is 4.98 Å². The number of pyridine rings is 1. The summed E-state index contributed by atoms with van der Waals surface area (Å²) in [6, 6.07) is 4.88. The van der Waals surface area contributed by atoms with Crippen LogP contribution in [0.5, 0.6) is 0 Å². The molecular formula is C29H39FN4O2S. The van der Waals surface area contributed by atoms with Gasteiger partial charge in [0.15, 0.2) is 0 Å². The van der Waals surface area contributed by atoms with E-state index in [0.717, 1.165) is 62.0 Å². The number of nitrogens with zero attached hydrogens (tertiary/aromatic N) is 3. The number of benzene rings is 1. The molecule has 0 radical (unpaired) electrons. The molecule has 3 atom stereocenters. The number of aromatic nitrogens is 2. The van der Waals surface area contributed by atoms with Crippen molar-refractivity contribution in [3.05, 3.63) is 53.7 Å². The van der Waals surface area contributed by atoms with Gasteiger partial charge in [-0.25, -0.2) is 13.4 Å². The van der Waals surface area contributed by atoms with Gasteiger partial charge in [-0.05, 0) is 101 Å². The Kier molecular flexibility index (Phi) is 7.44. The Labute approximate surface area is 220 Å². The van der Waals surface area contributed by atoms with Gasteiger partial charge in [0.25, 0.3) is 0 Å². The highest BCUT2D eigenvalue weighted by molar-refractivity contribution is 7.93. The number of hydrogen-bond acceptors (Lipinski definition) is 5. The van der Waals surface area contributed by atoms with E-state index < -0.39 is 20.8 Å². The first-order valence-corrected chi connectivity index (χ1v) is 15.1. The predicted molar refractivity (Wildman–Crippen MR) is 146 cm³/mol. The van der Waals surface area contributed by atoms with Crippen LogP contribution in [0.2, 0.25) is 0 Å². The molecule has 6 nitrogen and oxygen atoms in total. The molecule has 8 heteroatoms. The van der Waals surface area contributed by atoms with E-state index in [-0.39, 0.29) is 4.90 Å². The summed E-state index contributed by atoms with van der Waals surface area (Å²) in [5.41, 5.74) is 3.83. The molecule has 37 heavy (non-hydrogen) atoms. The minimum Gasteiger partial charge on any atom is -0.381 e. The number of fused-ring (bicyclic) bond motifs is 1. The van der Waals surface area contributed by atoms with Gasteiger partial charge in [0.2, 0.25) is 0 Å². The predicted octanol–water partition coefficient (Wildman–Crippen LogP) is 5.97. The van der Waals surface area contributed by atoms with Gasteiger partial charge >= 0.3 is 0 Å². The molecule has 0 saturated carbocycles. The fourth-order valence-corrected chi connectivity index (χ4v) is 7.46. The molecule has 2 saturated heterocycles. The molecule has 1 N–H and O–H groups in total. The van der Waals surface area contributed by atoms with Gasteiger partial charge in [-0.1, -0.05) is 0 Å². The third-order valence-electron chi connectivity index (χ3n) is 8.50. The topological polar surface area (TPSA) is 71.2 Å². The molecule has 2 fully saturated rings. The van der Waals surface area contributed by atoms with Crippen LogP contribution in [0.1, 0.15) is 51.2 Å². The van der Waals surface area contributed by atoms with Crippen LogP contribution in [0, 0.1) is 29.4 Å². The second kappa shape index (κ2) is 10.5. The standard InChI is InChI=1S/C29H39FN4O2S/c1-19(2)37(31,35)28-14-25(30)5-6-26(28)34-18-24(29-20(3)15-32-16-27(29)34)13-22-7-10-33(17-22)21(4)23-8-11-36-12-9-23/h5-6,14-16,18-19,21-23,31H,7-13,17H2,1-4H3/t21-,22-,37-/m0/s1. The van der Waals surface area contributed by atoms with Gasteiger partial charge in [-0.2, -0.15) is 0 Å². The summed E-state index contributed by atoms with van der Waals surface area (Å²) in [4.78, 5) is 7.34. The molecule has 0 unspecified atom stereocenters. The third-order valence-corrected chi connectivity index (χ3v) is 10.8. The number of ether oxygens (including phenoxy) is 1. The summed E-state index contributed by atoms with van der Waals surface area (Å²) in [5.74, 6) is 0.785. The number of hydrogen-bond donors (Lipinski definition) is 1. The minimum atomic E-state index is -3.19. The van der Waals surface area contributed by atoms with E-state index in [9.17, 15) is 8.60 Å². The van der Waals surface area contributed by atoms with Crippen LogP contribution in [0.3, 0.4) is 0 Å². The van der Waals surface area contributed by atoms with Gasteiger partial charge in [0.1, 0.15) is 5.82 Å². The van der Waals surface area contributed by atoms with E-state index in [1.807, 2.05) is 17.0 Å². The average Bonchev–Trinajstić information content (AvgIpc) is 3.50. The number of nitrogens with one attached hydrogen (secondary N) is 1. The lowest BCUT2D eigenvalue weighted by Crippen LogP contribution is -2.39. The zero-order chi connectivity index (χ0) is 26.3. The monoisotopic (exact) mass is 526 g/mol. The van der Waals surface area contributed by atoms with Crippen molar-refractivity contribution in [2.45, 2.75) is 69.6 Å². The van der Waals surface area contributed by atoms with E-state index in [4.69, 9.17) is 9.52 Å². The highest BCUT2D eigenvalue weighted by atomic mass is 32.2. The van der Waals surface area contributed by atoms with E-state index >= 15 is 0 Å². The number of halogens is 1. The summed E-state index contributed by atoms with van der Waals surface area (Å²) in [5, 5.41) is 0.721. The van der Waals surface area contributed by atoms with Crippen LogP contribution in [-0.4, -0.2) is 56.3 Å². The summed E-state index contributed by atoms with van der Waals surface area (Å²) in [6.07, 6.45) is 10.2. The fraction of sp³-hybridized carbons (Fsp3) is 0.552. The summed E-state index contributed by atoms with van der Waals surface area (Å²) in [7, 11) is -3.19. The first-order chi connectivity index (χ1) is 17.7. The van der Waals surface area contributed by atoms with Crippen molar-refractivity contribution >= 4 is 20.6 Å². The lowest BCUT2D eigenvalue weighted by atomic mass is 9.92. The van der Waals surface area contributed by atoms with E-state index in [1.54, 1.807) is 19.9 Å². The second-order valence-electron chi connectivity index (χ2n) is 11.2. The van der Waals surface area contributed by atoms with Gasteiger partial charge in [0.05, 0.1) is 32.0 Å². The highest BCUT2D eigenvalue weighted by Crippen LogP contribution is 2.35. The Morgan fingerprint density at radius 2 is 1.95 bits per heavy atom. The molecule has 0 bridgehead atoms. The molecule has 0 amide bonds. The van der Waals surface area contributed by atoms with Crippen molar-refractivity contribution in [2.75, 3.05) is 26.3 Å². The Morgan fingerprint density at radius 1 is 1.19 bits per heavy atom. The lowest BCUT2D eigenvalue weighted by molar-refractivity contribution is 0.0348. The summed E-state index contributed by atoms with van der Waals surface area (Å²) < 4.78 is 43.9. The summed E-state index contributed by atoms with van der Waals surface area (Å²) >= 11 is 0. The molecule has 4 heterocycles. The molecule has 0 aliphatic carbocycles. The van der Waals surface area contributed by atoms with Crippen molar-refractivity contribution in [1.82, 2.24) is 14.5 Å². The zero-order valence-corrected chi connectivity index (χ0v) is 23.2. The Morgan fingerprint density at radius 3 is 2.68 bits per heavy atom. The quantitative estimate of drug-likeness (QED) is 0.412. The number of rotatable bonds is 7. The fourth-order valence-electron chi connectivity index (χ4n) is 6.19. The van der Waals surface area contributed by atoms with Crippen LogP contribution < -0.4 is 0 Å². The van der Waals surface area contributed by atoms with E-state index in [0.29, 0.717) is 23.6 Å². The molecule has 2 aliphatic rings.